The van der Waals surface area contributed by atoms with Gasteiger partial charge in [-0.05, 0) is 43.5 Å². The Kier molecular flexibility index (Phi) is 7.71. The molecule has 160 valence electrons. The van der Waals surface area contributed by atoms with Gasteiger partial charge in [0.15, 0.2) is 17.6 Å². The minimum Gasteiger partial charge on any atom is -0.493 e. The van der Waals surface area contributed by atoms with E-state index in [0.717, 1.165) is 44.3 Å². The van der Waals surface area contributed by atoms with Crippen molar-refractivity contribution >= 4 is 11.9 Å². The lowest BCUT2D eigenvalue weighted by Crippen LogP contribution is -2.40. The molecule has 2 aromatic carbocycles. The first-order valence-electron chi connectivity index (χ1n) is 10.4. The topological polar surface area (TPSA) is 65.1 Å². The first kappa shape index (κ1) is 21.7. The number of amides is 1. The minimum atomic E-state index is -0.824. The Balaban J connectivity index is 1.61. The van der Waals surface area contributed by atoms with Crippen LogP contribution in [0.5, 0.6) is 11.5 Å². The van der Waals surface area contributed by atoms with Gasteiger partial charge < -0.3 is 19.1 Å². The normalized spacial score (nSPS) is 15.1. The maximum Gasteiger partial charge on any atom is 0.339 e. The van der Waals surface area contributed by atoms with E-state index in [4.69, 9.17) is 14.2 Å². The highest BCUT2D eigenvalue weighted by Gasteiger charge is 2.25. The van der Waals surface area contributed by atoms with Crippen molar-refractivity contribution in [3.05, 3.63) is 59.7 Å². The van der Waals surface area contributed by atoms with Crippen LogP contribution in [0.25, 0.3) is 0 Å². The van der Waals surface area contributed by atoms with E-state index in [9.17, 15) is 9.59 Å². The van der Waals surface area contributed by atoms with Crippen LogP contribution in [0.2, 0.25) is 0 Å². The largest absolute Gasteiger partial charge is 0.493 e. The van der Waals surface area contributed by atoms with E-state index in [-0.39, 0.29) is 5.91 Å². The Morgan fingerprint density at radius 3 is 2.33 bits per heavy atom. The number of hydrogen-bond acceptors (Lipinski definition) is 5. The smallest absolute Gasteiger partial charge is 0.339 e. The van der Waals surface area contributed by atoms with E-state index in [2.05, 4.69) is 0 Å². The molecule has 1 unspecified atom stereocenters. The van der Waals surface area contributed by atoms with Crippen molar-refractivity contribution in [1.29, 1.82) is 0 Å². The maximum atomic E-state index is 12.6. The van der Waals surface area contributed by atoms with Gasteiger partial charge in [0.05, 0.1) is 12.7 Å². The summed E-state index contributed by atoms with van der Waals surface area (Å²) in [7, 11) is 1.52. The predicted molar refractivity (Wildman–Crippen MR) is 114 cm³/mol. The average molecular weight is 411 g/mol. The summed E-state index contributed by atoms with van der Waals surface area (Å²) >= 11 is 0. The molecular formula is C24H29NO5. The lowest BCUT2D eigenvalue weighted by molar-refractivity contribution is -0.139. The monoisotopic (exact) mass is 411 g/mol. The molecule has 30 heavy (non-hydrogen) atoms. The highest BCUT2D eigenvalue weighted by atomic mass is 16.5. The Morgan fingerprint density at radius 1 is 0.967 bits per heavy atom. The molecule has 1 saturated heterocycles. The molecule has 0 spiro atoms. The van der Waals surface area contributed by atoms with Crippen molar-refractivity contribution in [2.45, 2.75) is 45.3 Å². The molecule has 0 N–H and O–H groups in total. The highest BCUT2D eigenvalue weighted by Crippen LogP contribution is 2.29. The summed E-state index contributed by atoms with van der Waals surface area (Å²) in [5.41, 5.74) is 1.35. The SMILES string of the molecule is COc1cc(C(=O)OC(C)C(=O)N2CCCCCC2)ccc1OCc1ccccc1. The summed E-state index contributed by atoms with van der Waals surface area (Å²) in [5, 5.41) is 0. The molecule has 0 saturated carbocycles. The lowest BCUT2D eigenvalue weighted by atomic mass is 10.2. The van der Waals surface area contributed by atoms with Crippen molar-refractivity contribution in [2.75, 3.05) is 20.2 Å². The second kappa shape index (κ2) is 10.7. The Labute approximate surface area is 177 Å². The van der Waals surface area contributed by atoms with Crippen LogP contribution < -0.4 is 9.47 Å². The zero-order valence-electron chi connectivity index (χ0n) is 17.6. The summed E-state index contributed by atoms with van der Waals surface area (Å²) in [6.07, 6.45) is 3.44. The van der Waals surface area contributed by atoms with Crippen LogP contribution in [0.1, 0.15) is 48.5 Å². The Bertz CT molecular complexity index is 844. The van der Waals surface area contributed by atoms with Crippen LogP contribution in [0, 0.1) is 0 Å². The number of nitrogens with zero attached hydrogens (tertiary/aromatic N) is 1. The molecule has 3 rings (SSSR count). The van der Waals surface area contributed by atoms with Gasteiger partial charge in [-0.25, -0.2) is 4.79 Å². The number of carbonyl (C=O) groups excluding carboxylic acids is 2. The van der Waals surface area contributed by atoms with Gasteiger partial charge in [0.25, 0.3) is 5.91 Å². The van der Waals surface area contributed by atoms with E-state index in [0.29, 0.717) is 23.7 Å². The van der Waals surface area contributed by atoms with Crippen molar-refractivity contribution in [3.63, 3.8) is 0 Å². The quantitative estimate of drug-likeness (QED) is 0.638. The summed E-state index contributed by atoms with van der Waals surface area (Å²) < 4.78 is 16.6. The van der Waals surface area contributed by atoms with Gasteiger partial charge in [-0.15, -0.1) is 0 Å². The molecule has 1 amide bonds. The number of benzene rings is 2. The Hall–Kier alpha value is -3.02. The predicted octanol–water partition coefficient (Wildman–Crippen LogP) is 4.22. The fraction of sp³-hybridized carbons (Fsp3) is 0.417. The lowest BCUT2D eigenvalue weighted by Gasteiger charge is -2.24. The van der Waals surface area contributed by atoms with E-state index >= 15 is 0 Å². The number of rotatable bonds is 7. The van der Waals surface area contributed by atoms with Crippen molar-refractivity contribution < 1.29 is 23.8 Å². The van der Waals surface area contributed by atoms with Gasteiger partial charge in [-0.2, -0.15) is 0 Å². The third kappa shape index (κ3) is 5.75. The molecule has 0 aliphatic carbocycles. The molecule has 1 aliphatic rings. The molecule has 0 bridgehead atoms. The van der Waals surface area contributed by atoms with Gasteiger partial charge in [0, 0.05) is 13.1 Å². The van der Waals surface area contributed by atoms with Crippen LogP contribution >= 0.6 is 0 Å². The third-order valence-corrected chi connectivity index (χ3v) is 5.19. The van der Waals surface area contributed by atoms with Crippen LogP contribution in [-0.2, 0) is 16.1 Å². The number of hydrogen-bond donors (Lipinski definition) is 0. The van der Waals surface area contributed by atoms with Crippen molar-refractivity contribution in [3.8, 4) is 11.5 Å². The molecule has 6 heteroatoms. The minimum absolute atomic E-state index is 0.139. The third-order valence-electron chi connectivity index (χ3n) is 5.19. The van der Waals surface area contributed by atoms with Gasteiger partial charge in [0.2, 0.25) is 0 Å². The first-order chi connectivity index (χ1) is 14.6. The fourth-order valence-electron chi connectivity index (χ4n) is 3.48. The number of methoxy groups -OCH3 is 1. The van der Waals surface area contributed by atoms with Gasteiger partial charge in [-0.3, -0.25) is 4.79 Å². The van der Waals surface area contributed by atoms with Crippen molar-refractivity contribution in [1.82, 2.24) is 4.90 Å². The Morgan fingerprint density at radius 2 is 1.67 bits per heavy atom. The molecule has 1 aliphatic heterocycles. The van der Waals surface area contributed by atoms with Crippen LogP contribution in [0.3, 0.4) is 0 Å². The van der Waals surface area contributed by atoms with Gasteiger partial charge in [-0.1, -0.05) is 43.2 Å². The van der Waals surface area contributed by atoms with Crippen LogP contribution in [-0.4, -0.2) is 43.1 Å². The second-order valence-electron chi connectivity index (χ2n) is 7.43. The maximum absolute atomic E-state index is 12.6. The molecule has 6 nitrogen and oxygen atoms in total. The summed E-state index contributed by atoms with van der Waals surface area (Å²) in [4.78, 5) is 27.0. The van der Waals surface area contributed by atoms with E-state index < -0.39 is 12.1 Å². The fourth-order valence-corrected chi connectivity index (χ4v) is 3.48. The van der Waals surface area contributed by atoms with E-state index in [1.807, 2.05) is 30.3 Å². The average Bonchev–Trinajstić information content (AvgIpc) is 3.07. The molecule has 0 radical (unpaired) electrons. The number of likely N-dealkylation sites (tertiary alicyclic amines) is 1. The van der Waals surface area contributed by atoms with Gasteiger partial charge in [0.1, 0.15) is 6.61 Å². The number of esters is 1. The standard InChI is InChI=1S/C24H29NO5/c1-18(23(26)25-14-8-3-4-9-15-25)30-24(27)20-12-13-21(22(16-20)28-2)29-17-19-10-6-5-7-11-19/h5-7,10-13,16,18H,3-4,8-9,14-15,17H2,1-2H3. The van der Waals surface area contributed by atoms with E-state index in [1.165, 1.54) is 7.11 Å². The van der Waals surface area contributed by atoms with Crippen molar-refractivity contribution in [2.24, 2.45) is 0 Å². The molecule has 1 atom stereocenters. The van der Waals surface area contributed by atoms with Gasteiger partial charge >= 0.3 is 5.97 Å². The molecule has 0 aromatic heterocycles. The van der Waals surface area contributed by atoms with Crippen LogP contribution in [0.4, 0.5) is 0 Å². The summed E-state index contributed by atoms with van der Waals surface area (Å²) in [6.45, 7) is 3.46. The summed E-state index contributed by atoms with van der Waals surface area (Å²) in [6, 6.07) is 14.7. The zero-order chi connectivity index (χ0) is 21.3. The first-order valence-corrected chi connectivity index (χ1v) is 10.4. The highest BCUT2D eigenvalue weighted by molar-refractivity contribution is 5.92. The number of carbonyl (C=O) groups is 2. The summed E-state index contributed by atoms with van der Waals surface area (Å²) in [5.74, 6) is 0.275. The molecule has 1 fully saturated rings. The molecule has 1 heterocycles. The zero-order valence-corrected chi connectivity index (χ0v) is 17.6. The van der Waals surface area contributed by atoms with Crippen LogP contribution in [0.15, 0.2) is 48.5 Å². The molecule has 2 aromatic rings. The molecular weight excluding hydrogens is 382 g/mol. The van der Waals surface area contributed by atoms with E-state index in [1.54, 1.807) is 30.0 Å². The second-order valence-corrected chi connectivity index (χ2v) is 7.43. The number of ether oxygens (including phenoxy) is 3.